The van der Waals surface area contributed by atoms with Crippen molar-refractivity contribution in [3.8, 4) is 0 Å². The SMILES string of the molecule is C1=C(C2NCCN2)[N]CC1. The lowest BCUT2D eigenvalue weighted by Crippen LogP contribution is -2.35. The molecule has 1 saturated heterocycles. The summed E-state index contributed by atoms with van der Waals surface area (Å²) in [5, 5.41) is 11.0. The summed E-state index contributed by atoms with van der Waals surface area (Å²) in [4.78, 5) is 0. The number of rotatable bonds is 1. The van der Waals surface area contributed by atoms with E-state index in [1.54, 1.807) is 0 Å². The molecule has 0 spiro atoms. The van der Waals surface area contributed by atoms with Gasteiger partial charge in [-0.15, -0.1) is 0 Å². The van der Waals surface area contributed by atoms with E-state index in [0.29, 0.717) is 6.17 Å². The van der Waals surface area contributed by atoms with Gasteiger partial charge in [0.05, 0.1) is 5.70 Å². The smallest absolute Gasteiger partial charge is 0.100 e. The van der Waals surface area contributed by atoms with Crippen LogP contribution >= 0.6 is 0 Å². The molecule has 0 unspecified atom stereocenters. The molecule has 2 aliphatic heterocycles. The average molecular weight is 138 g/mol. The maximum absolute atomic E-state index is 4.35. The molecule has 0 bridgehead atoms. The van der Waals surface area contributed by atoms with Crippen molar-refractivity contribution >= 4 is 0 Å². The molecule has 0 aliphatic carbocycles. The van der Waals surface area contributed by atoms with Gasteiger partial charge in [-0.2, -0.15) is 0 Å². The third-order valence-corrected chi connectivity index (χ3v) is 1.89. The fraction of sp³-hybridized carbons (Fsp3) is 0.714. The van der Waals surface area contributed by atoms with E-state index >= 15 is 0 Å². The van der Waals surface area contributed by atoms with Gasteiger partial charge < -0.3 is 0 Å². The Morgan fingerprint density at radius 1 is 1.40 bits per heavy atom. The Hall–Kier alpha value is -0.540. The molecule has 0 aromatic rings. The highest BCUT2D eigenvalue weighted by Crippen LogP contribution is 2.07. The first-order valence-corrected chi connectivity index (χ1v) is 3.81. The summed E-state index contributed by atoms with van der Waals surface area (Å²) < 4.78 is 0. The van der Waals surface area contributed by atoms with Crippen LogP contribution < -0.4 is 16.0 Å². The molecular weight excluding hydrogens is 126 g/mol. The monoisotopic (exact) mass is 138 g/mol. The minimum Gasteiger partial charge on any atom is -0.296 e. The summed E-state index contributed by atoms with van der Waals surface area (Å²) in [7, 11) is 0. The first-order valence-electron chi connectivity index (χ1n) is 3.81. The van der Waals surface area contributed by atoms with Crippen LogP contribution in [-0.2, 0) is 0 Å². The van der Waals surface area contributed by atoms with Gasteiger partial charge >= 0.3 is 0 Å². The minimum absolute atomic E-state index is 0.350. The third kappa shape index (κ3) is 1.02. The molecule has 0 saturated carbocycles. The molecule has 1 fully saturated rings. The van der Waals surface area contributed by atoms with Gasteiger partial charge in [-0.1, -0.05) is 6.08 Å². The van der Waals surface area contributed by atoms with Gasteiger partial charge in [0.25, 0.3) is 0 Å². The zero-order valence-electron chi connectivity index (χ0n) is 5.93. The summed E-state index contributed by atoms with van der Waals surface area (Å²) in [6.45, 7) is 3.12. The highest BCUT2D eigenvalue weighted by atomic mass is 15.2. The summed E-state index contributed by atoms with van der Waals surface area (Å²) in [6.07, 6.45) is 3.67. The standard InChI is InChI=1S/C7H12N3/c1-2-6(8-3-1)7-9-4-5-10-7/h2,7,9-10H,1,3-5H2. The molecule has 2 heterocycles. The average Bonchev–Trinajstić information content (AvgIpc) is 2.59. The molecule has 0 amide bonds. The second-order valence-corrected chi connectivity index (χ2v) is 2.64. The van der Waals surface area contributed by atoms with Crippen LogP contribution in [0.25, 0.3) is 0 Å². The van der Waals surface area contributed by atoms with E-state index in [4.69, 9.17) is 0 Å². The fourth-order valence-corrected chi connectivity index (χ4v) is 1.39. The lowest BCUT2D eigenvalue weighted by atomic mass is 10.3. The number of hydrogen-bond acceptors (Lipinski definition) is 2. The predicted octanol–water partition coefficient (Wildman–Crippen LogP) is -0.603. The van der Waals surface area contributed by atoms with E-state index in [9.17, 15) is 0 Å². The Kier molecular flexibility index (Phi) is 1.61. The van der Waals surface area contributed by atoms with E-state index in [-0.39, 0.29) is 0 Å². The number of nitrogens with zero attached hydrogens (tertiary/aromatic N) is 1. The van der Waals surface area contributed by atoms with Crippen LogP contribution in [0.4, 0.5) is 0 Å². The van der Waals surface area contributed by atoms with Gasteiger partial charge in [-0.25, -0.2) is 0 Å². The van der Waals surface area contributed by atoms with E-state index in [0.717, 1.165) is 26.1 Å². The Morgan fingerprint density at radius 2 is 2.20 bits per heavy atom. The van der Waals surface area contributed by atoms with Gasteiger partial charge in [0.15, 0.2) is 0 Å². The molecule has 1 radical (unpaired) electrons. The normalized spacial score (nSPS) is 26.6. The fourth-order valence-electron chi connectivity index (χ4n) is 1.39. The molecular formula is C7H12N3. The van der Waals surface area contributed by atoms with Crippen molar-refractivity contribution < 1.29 is 0 Å². The molecule has 2 N–H and O–H groups in total. The van der Waals surface area contributed by atoms with E-state index in [2.05, 4.69) is 22.0 Å². The Morgan fingerprint density at radius 3 is 2.80 bits per heavy atom. The summed E-state index contributed by atoms with van der Waals surface area (Å²) in [5.74, 6) is 0. The highest BCUT2D eigenvalue weighted by molar-refractivity contribution is 5.13. The largest absolute Gasteiger partial charge is 0.296 e. The van der Waals surface area contributed by atoms with Crippen molar-refractivity contribution in [2.75, 3.05) is 19.6 Å². The quantitative estimate of drug-likeness (QED) is 0.507. The van der Waals surface area contributed by atoms with Crippen LogP contribution in [0.1, 0.15) is 6.42 Å². The van der Waals surface area contributed by atoms with E-state index in [1.807, 2.05) is 0 Å². The maximum Gasteiger partial charge on any atom is 0.100 e. The van der Waals surface area contributed by atoms with E-state index in [1.165, 1.54) is 5.70 Å². The van der Waals surface area contributed by atoms with Gasteiger partial charge in [0, 0.05) is 19.6 Å². The minimum atomic E-state index is 0.350. The molecule has 0 atom stereocenters. The third-order valence-electron chi connectivity index (χ3n) is 1.89. The number of nitrogens with one attached hydrogen (secondary N) is 2. The van der Waals surface area contributed by atoms with Gasteiger partial charge in [0.2, 0.25) is 0 Å². The summed E-state index contributed by atoms with van der Waals surface area (Å²) >= 11 is 0. The van der Waals surface area contributed by atoms with Crippen LogP contribution in [0.15, 0.2) is 11.8 Å². The van der Waals surface area contributed by atoms with Crippen molar-refractivity contribution in [1.29, 1.82) is 0 Å². The van der Waals surface area contributed by atoms with Gasteiger partial charge in [-0.3, -0.25) is 16.0 Å². The Labute approximate surface area is 60.9 Å². The zero-order valence-corrected chi connectivity index (χ0v) is 5.93. The van der Waals surface area contributed by atoms with Crippen molar-refractivity contribution in [1.82, 2.24) is 16.0 Å². The lowest BCUT2D eigenvalue weighted by molar-refractivity contribution is 0.592. The van der Waals surface area contributed by atoms with Gasteiger partial charge in [0.1, 0.15) is 6.17 Å². The van der Waals surface area contributed by atoms with Crippen LogP contribution in [0, 0.1) is 0 Å². The molecule has 3 nitrogen and oxygen atoms in total. The second-order valence-electron chi connectivity index (χ2n) is 2.64. The van der Waals surface area contributed by atoms with Crippen molar-refractivity contribution in [3.05, 3.63) is 11.8 Å². The predicted molar refractivity (Wildman–Crippen MR) is 39.5 cm³/mol. The molecule has 0 aromatic heterocycles. The highest BCUT2D eigenvalue weighted by Gasteiger charge is 2.19. The summed E-state index contributed by atoms with van der Waals surface area (Å²) in [6, 6.07) is 0. The van der Waals surface area contributed by atoms with Crippen LogP contribution in [0.3, 0.4) is 0 Å². The van der Waals surface area contributed by atoms with E-state index < -0.39 is 0 Å². The Balaban J connectivity index is 1.97. The zero-order chi connectivity index (χ0) is 6.81. The van der Waals surface area contributed by atoms with Gasteiger partial charge in [-0.05, 0) is 6.42 Å². The Bertz CT molecular complexity index is 147. The van der Waals surface area contributed by atoms with Crippen molar-refractivity contribution in [2.45, 2.75) is 12.6 Å². The summed E-state index contributed by atoms with van der Waals surface area (Å²) in [5.41, 5.74) is 1.21. The molecule has 0 aromatic carbocycles. The lowest BCUT2D eigenvalue weighted by Gasteiger charge is -2.10. The molecule has 2 rings (SSSR count). The van der Waals surface area contributed by atoms with Crippen molar-refractivity contribution in [3.63, 3.8) is 0 Å². The first kappa shape index (κ1) is 6.19. The first-order chi connectivity index (χ1) is 4.97. The van der Waals surface area contributed by atoms with Crippen LogP contribution in [-0.4, -0.2) is 25.8 Å². The molecule has 3 heteroatoms. The molecule has 10 heavy (non-hydrogen) atoms. The molecule has 55 valence electrons. The topological polar surface area (TPSA) is 38.2 Å². The maximum atomic E-state index is 4.35. The molecule has 2 aliphatic rings. The number of hydrogen-bond donors (Lipinski definition) is 2. The van der Waals surface area contributed by atoms with Crippen LogP contribution in [0.2, 0.25) is 0 Å². The van der Waals surface area contributed by atoms with Crippen molar-refractivity contribution in [2.24, 2.45) is 0 Å². The van der Waals surface area contributed by atoms with Crippen LogP contribution in [0.5, 0.6) is 0 Å². The second kappa shape index (κ2) is 2.60.